The summed E-state index contributed by atoms with van der Waals surface area (Å²) in [6, 6.07) is 5.67. The first-order chi connectivity index (χ1) is 9.46. The predicted octanol–water partition coefficient (Wildman–Crippen LogP) is 0.122. The highest BCUT2D eigenvalue weighted by atomic mass is 32.2. The Bertz CT molecular complexity index is 680. The Morgan fingerprint density at radius 2 is 2.00 bits per heavy atom. The van der Waals surface area contributed by atoms with Crippen molar-refractivity contribution < 1.29 is 18.3 Å². The van der Waals surface area contributed by atoms with E-state index < -0.39 is 16.0 Å². The van der Waals surface area contributed by atoms with Gasteiger partial charge in [0, 0.05) is 0 Å². The van der Waals surface area contributed by atoms with Gasteiger partial charge in [0.1, 0.15) is 12.2 Å². The molecule has 106 valence electrons. The Morgan fingerprint density at radius 1 is 1.30 bits per heavy atom. The summed E-state index contributed by atoms with van der Waals surface area (Å²) in [4.78, 5) is 14.5. The lowest BCUT2D eigenvalue weighted by atomic mass is 10.1. The number of aromatic amines is 1. The highest BCUT2D eigenvalue weighted by molar-refractivity contribution is 7.88. The average molecular weight is 296 g/mol. The van der Waals surface area contributed by atoms with E-state index in [9.17, 15) is 13.2 Å². The molecule has 1 aromatic carbocycles. The van der Waals surface area contributed by atoms with Crippen LogP contribution in [-0.4, -0.2) is 34.7 Å². The molecule has 8 nitrogen and oxygen atoms in total. The summed E-state index contributed by atoms with van der Waals surface area (Å²) < 4.78 is 26.0. The van der Waals surface area contributed by atoms with E-state index in [1.807, 2.05) is 0 Å². The Hall–Kier alpha value is -2.26. The van der Waals surface area contributed by atoms with Crippen molar-refractivity contribution in [3.63, 3.8) is 0 Å². The summed E-state index contributed by atoms with van der Waals surface area (Å²) in [5, 5.41) is 14.9. The molecule has 0 aliphatic rings. The van der Waals surface area contributed by atoms with Gasteiger partial charge in [0.05, 0.1) is 17.9 Å². The molecule has 0 spiro atoms. The molecule has 1 aromatic heterocycles. The van der Waals surface area contributed by atoms with Crippen LogP contribution < -0.4 is 4.72 Å². The van der Waals surface area contributed by atoms with Crippen LogP contribution in [-0.2, 0) is 22.3 Å². The van der Waals surface area contributed by atoms with Gasteiger partial charge in [-0.1, -0.05) is 12.1 Å². The highest BCUT2D eigenvalue weighted by Gasteiger charge is 2.12. The molecular formula is C11H12N4O4S. The lowest BCUT2D eigenvalue weighted by Gasteiger charge is -2.05. The van der Waals surface area contributed by atoms with Gasteiger partial charge in [-0.3, -0.25) is 5.10 Å². The smallest absolute Gasteiger partial charge is 0.335 e. The maximum atomic E-state index is 11.8. The van der Waals surface area contributed by atoms with Gasteiger partial charge in [-0.2, -0.15) is 5.10 Å². The molecule has 1 heterocycles. The largest absolute Gasteiger partial charge is 0.478 e. The molecule has 0 saturated heterocycles. The highest BCUT2D eigenvalue weighted by Crippen LogP contribution is 2.08. The summed E-state index contributed by atoms with van der Waals surface area (Å²) in [7, 11) is -3.53. The third-order valence-electron chi connectivity index (χ3n) is 2.48. The van der Waals surface area contributed by atoms with E-state index in [2.05, 4.69) is 19.9 Å². The van der Waals surface area contributed by atoms with Crippen molar-refractivity contribution in [1.82, 2.24) is 19.9 Å². The van der Waals surface area contributed by atoms with Crippen LogP contribution in [0.3, 0.4) is 0 Å². The number of sulfonamides is 1. The number of carboxylic acids is 1. The van der Waals surface area contributed by atoms with Crippen LogP contribution in [0.25, 0.3) is 0 Å². The van der Waals surface area contributed by atoms with E-state index in [1.54, 1.807) is 0 Å². The van der Waals surface area contributed by atoms with Gasteiger partial charge < -0.3 is 5.11 Å². The van der Waals surface area contributed by atoms with Gasteiger partial charge in [0.15, 0.2) is 0 Å². The maximum Gasteiger partial charge on any atom is 0.335 e. The molecule has 20 heavy (non-hydrogen) atoms. The minimum absolute atomic E-state index is 0.0234. The third-order valence-corrected chi connectivity index (χ3v) is 3.78. The van der Waals surface area contributed by atoms with Crippen LogP contribution >= 0.6 is 0 Å². The molecule has 0 aliphatic carbocycles. The SMILES string of the molecule is O=C(O)c1ccc(CS(=O)(=O)NCc2ncn[nH]2)cc1. The number of hydrogen-bond acceptors (Lipinski definition) is 5. The first-order valence-corrected chi connectivity index (χ1v) is 7.25. The fourth-order valence-corrected chi connectivity index (χ4v) is 2.60. The van der Waals surface area contributed by atoms with Crippen molar-refractivity contribution in [2.45, 2.75) is 12.3 Å². The molecule has 0 radical (unpaired) electrons. The molecule has 0 fully saturated rings. The van der Waals surface area contributed by atoms with E-state index in [1.165, 1.54) is 30.6 Å². The van der Waals surface area contributed by atoms with Gasteiger partial charge in [-0.15, -0.1) is 0 Å². The average Bonchev–Trinajstić information content (AvgIpc) is 2.90. The van der Waals surface area contributed by atoms with Crippen LogP contribution in [0.1, 0.15) is 21.7 Å². The monoisotopic (exact) mass is 296 g/mol. The number of rotatable bonds is 6. The van der Waals surface area contributed by atoms with Gasteiger partial charge in [-0.05, 0) is 17.7 Å². The second-order valence-electron chi connectivity index (χ2n) is 4.01. The van der Waals surface area contributed by atoms with E-state index in [4.69, 9.17) is 5.11 Å². The third kappa shape index (κ3) is 3.87. The van der Waals surface area contributed by atoms with Gasteiger partial charge in [0.25, 0.3) is 0 Å². The van der Waals surface area contributed by atoms with Crippen LogP contribution in [0.15, 0.2) is 30.6 Å². The zero-order valence-corrected chi connectivity index (χ0v) is 11.1. The Labute approximate surface area is 114 Å². The fraction of sp³-hybridized carbons (Fsp3) is 0.182. The van der Waals surface area contributed by atoms with Crippen molar-refractivity contribution in [3.8, 4) is 0 Å². The zero-order chi connectivity index (χ0) is 14.6. The number of hydrogen-bond donors (Lipinski definition) is 3. The first-order valence-electron chi connectivity index (χ1n) is 5.60. The van der Waals surface area contributed by atoms with E-state index in [0.29, 0.717) is 11.4 Å². The van der Waals surface area contributed by atoms with Crippen LogP contribution in [0, 0.1) is 0 Å². The summed E-state index contributed by atoms with van der Waals surface area (Å²) in [5.74, 6) is -0.876. The molecule has 2 aromatic rings. The number of nitrogens with one attached hydrogen (secondary N) is 2. The second kappa shape index (κ2) is 5.80. The lowest BCUT2D eigenvalue weighted by molar-refractivity contribution is 0.0697. The molecular weight excluding hydrogens is 284 g/mol. The van der Waals surface area contributed by atoms with Crippen molar-refractivity contribution in [1.29, 1.82) is 0 Å². The molecule has 0 bridgehead atoms. The predicted molar refractivity (Wildman–Crippen MR) is 69.2 cm³/mol. The number of H-pyrrole nitrogens is 1. The van der Waals surface area contributed by atoms with E-state index in [-0.39, 0.29) is 17.9 Å². The van der Waals surface area contributed by atoms with Gasteiger partial charge in [0.2, 0.25) is 10.0 Å². The molecule has 0 saturated carbocycles. The summed E-state index contributed by atoms with van der Waals surface area (Å²) in [6.07, 6.45) is 1.29. The lowest BCUT2D eigenvalue weighted by Crippen LogP contribution is -2.25. The second-order valence-corrected chi connectivity index (χ2v) is 5.82. The van der Waals surface area contributed by atoms with Crippen molar-refractivity contribution in [2.24, 2.45) is 0 Å². The minimum atomic E-state index is -3.53. The number of benzene rings is 1. The topological polar surface area (TPSA) is 125 Å². The van der Waals surface area contributed by atoms with Crippen molar-refractivity contribution in [3.05, 3.63) is 47.5 Å². The van der Waals surface area contributed by atoms with Gasteiger partial charge >= 0.3 is 5.97 Å². The maximum absolute atomic E-state index is 11.8. The minimum Gasteiger partial charge on any atom is -0.478 e. The van der Waals surface area contributed by atoms with Crippen LogP contribution in [0.2, 0.25) is 0 Å². The Kier molecular flexibility index (Phi) is 4.11. The number of nitrogens with zero attached hydrogens (tertiary/aromatic N) is 2. The zero-order valence-electron chi connectivity index (χ0n) is 10.3. The van der Waals surface area contributed by atoms with Gasteiger partial charge in [-0.25, -0.2) is 22.9 Å². The molecule has 2 rings (SSSR count). The molecule has 0 atom stereocenters. The van der Waals surface area contributed by atoms with Crippen LogP contribution in [0.5, 0.6) is 0 Å². The summed E-state index contributed by atoms with van der Waals surface area (Å²) in [6.45, 7) is 0.0234. The molecule has 0 amide bonds. The molecule has 0 unspecified atom stereocenters. The van der Waals surface area contributed by atoms with Crippen molar-refractivity contribution >= 4 is 16.0 Å². The normalized spacial score (nSPS) is 11.4. The molecule has 3 N–H and O–H groups in total. The van der Waals surface area contributed by atoms with E-state index in [0.717, 1.165) is 0 Å². The number of carbonyl (C=O) groups is 1. The quantitative estimate of drug-likeness (QED) is 0.695. The van der Waals surface area contributed by atoms with E-state index >= 15 is 0 Å². The van der Waals surface area contributed by atoms with Crippen molar-refractivity contribution in [2.75, 3.05) is 0 Å². The number of aromatic carboxylic acids is 1. The molecule has 0 aliphatic heterocycles. The number of carboxylic acid groups (broad SMARTS) is 1. The van der Waals surface area contributed by atoms with Crippen LogP contribution in [0.4, 0.5) is 0 Å². The standard InChI is InChI=1S/C11H12N4O4S/c16-11(17)9-3-1-8(2-4-9)6-20(18,19)14-5-10-12-7-13-15-10/h1-4,7,14H,5-6H2,(H,16,17)(H,12,13,15). The number of aromatic nitrogens is 3. The summed E-state index contributed by atoms with van der Waals surface area (Å²) in [5.41, 5.74) is 0.612. The Morgan fingerprint density at radius 3 is 2.55 bits per heavy atom. The fourth-order valence-electron chi connectivity index (χ4n) is 1.51. The first kappa shape index (κ1) is 14.2. The Balaban J connectivity index is 1.98. The molecule has 9 heteroatoms. The summed E-state index contributed by atoms with van der Waals surface area (Å²) >= 11 is 0.